The van der Waals surface area contributed by atoms with Crippen LogP contribution in [0.3, 0.4) is 0 Å². The van der Waals surface area contributed by atoms with Crippen LogP contribution in [0, 0.1) is 17.6 Å². The van der Waals surface area contributed by atoms with Gasteiger partial charge in [-0.3, -0.25) is 9.69 Å². The lowest BCUT2D eigenvalue weighted by Gasteiger charge is -2.31. The number of nitrogens with zero attached hydrogens (tertiary/aromatic N) is 1. The van der Waals surface area contributed by atoms with Gasteiger partial charge in [0.05, 0.1) is 6.54 Å². The van der Waals surface area contributed by atoms with Crippen LogP contribution in [0.2, 0.25) is 0 Å². The lowest BCUT2D eigenvalue weighted by atomic mass is 9.97. The molecule has 6 nitrogen and oxygen atoms in total. The van der Waals surface area contributed by atoms with Gasteiger partial charge in [-0.25, -0.2) is 13.6 Å². The first-order valence-electron chi connectivity index (χ1n) is 10.0. The van der Waals surface area contributed by atoms with Crippen molar-refractivity contribution < 1.29 is 23.1 Å². The molecular formula is C21H31F2N3O3. The first kappa shape index (κ1) is 23.1. The Morgan fingerprint density at radius 2 is 1.76 bits per heavy atom. The Kier molecular flexibility index (Phi) is 8.37. The third-order valence-electron chi connectivity index (χ3n) is 4.77. The van der Waals surface area contributed by atoms with E-state index in [2.05, 4.69) is 10.6 Å². The summed E-state index contributed by atoms with van der Waals surface area (Å²) in [6.45, 7) is 7.99. The number of nitrogens with one attached hydrogen (secondary N) is 2. The minimum absolute atomic E-state index is 0.00824. The molecule has 2 N–H and O–H groups in total. The summed E-state index contributed by atoms with van der Waals surface area (Å²) in [5.74, 6) is -0.999. The van der Waals surface area contributed by atoms with Gasteiger partial charge in [0.1, 0.15) is 17.2 Å². The molecule has 1 aliphatic rings. The predicted octanol–water partition coefficient (Wildman–Crippen LogP) is 2.86. The largest absolute Gasteiger partial charge is 0.444 e. The van der Waals surface area contributed by atoms with Crippen LogP contribution in [-0.4, -0.2) is 55.2 Å². The highest BCUT2D eigenvalue weighted by molar-refractivity contribution is 5.78. The summed E-state index contributed by atoms with van der Waals surface area (Å²) in [5.41, 5.74) is -0.523. The molecule has 0 saturated carbocycles. The fraction of sp³-hybridized carbons (Fsp3) is 0.619. The van der Waals surface area contributed by atoms with Gasteiger partial charge < -0.3 is 15.4 Å². The van der Waals surface area contributed by atoms with Crippen LogP contribution in [0.5, 0.6) is 0 Å². The van der Waals surface area contributed by atoms with Gasteiger partial charge in [0.25, 0.3) is 0 Å². The number of halogens is 2. The van der Waals surface area contributed by atoms with Crippen molar-refractivity contribution in [1.29, 1.82) is 0 Å². The smallest absolute Gasteiger partial charge is 0.407 e. The minimum Gasteiger partial charge on any atom is -0.444 e. The molecule has 0 radical (unpaired) electrons. The first-order valence-corrected chi connectivity index (χ1v) is 10.0. The van der Waals surface area contributed by atoms with E-state index in [1.54, 1.807) is 0 Å². The second-order valence-electron chi connectivity index (χ2n) is 8.40. The number of hydrogen-bond acceptors (Lipinski definition) is 4. The molecule has 1 saturated heterocycles. The number of alkyl carbamates (subject to hydrolysis) is 1. The van der Waals surface area contributed by atoms with E-state index < -0.39 is 23.3 Å². The van der Waals surface area contributed by atoms with Gasteiger partial charge in [-0.15, -0.1) is 0 Å². The van der Waals surface area contributed by atoms with E-state index in [4.69, 9.17) is 4.74 Å². The van der Waals surface area contributed by atoms with E-state index in [9.17, 15) is 18.4 Å². The summed E-state index contributed by atoms with van der Waals surface area (Å²) in [6, 6.07) is 3.74. The summed E-state index contributed by atoms with van der Waals surface area (Å²) in [7, 11) is 0. The fourth-order valence-electron chi connectivity index (χ4n) is 3.25. The van der Waals surface area contributed by atoms with Crippen molar-refractivity contribution in [3.8, 4) is 0 Å². The van der Waals surface area contributed by atoms with Crippen molar-refractivity contribution in [3.05, 3.63) is 35.4 Å². The molecule has 162 valence electrons. The van der Waals surface area contributed by atoms with Crippen molar-refractivity contribution in [2.45, 2.75) is 45.6 Å². The predicted molar refractivity (Wildman–Crippen MR) is 106 cm³/mol. The van der Waals surface area contributed by atoms with Crippen LogP contribution >= 0.6 is 0 Å². The summed E-state index contributed by atoms with van der Waals surface area (Å²) in [4.78, 5) is 25.8. The minimum atomic E-state index is -0.596. The van der Waals surface area contributed by atoms with Gasteiger partial charge in [0, 0.05) is 18.7 Å². The molecule has 2 amide bonds. The number of likely N-dealkylation sites (tertiary alicyclic amines) is 1. The van der Waals surface area contributed by atoms with Crippen LogP contribution in [0.1, 0.15) is 39.2 Å². The molecule has 0 aromatic heterocycles. The highest BCUT2D eigenvalue weighted by Crippen LogP contribution is 2.16. The Balaban J connectivity index is 1.62. The van der Waals surface area contributed by atoms with E-state index in [-0.39, 0.29) is 31.0 Å². The van der Waals surface area contributed by atoms with Gasteiger partial charge in [0.15, 0.2) is 0 Å². The number of ether oxygens (including phenoxy) is 1. The highest BCUT2D eigenvalue weighted by Gasteiger charge is 2.22. The Morgan fingerprint density at radius 1 is 1.14 bits per heavy atom. The molecule has 0 aliphatic carbocycles. The molecule has 8 heteroatoms. The Labute approximate surface area is 171 Å². The number of hydrogen-bond donors (Lipinski definition) is 2. The number of carbonyl (C=O) groups excluding carboxylic acids is 2. The summed E-state index contributed by atoms with van der Waals surface area (Å²) < 4.78 is 32.4. The molecule has 0 bridgehead atoms. The number of amides is 2. The zero-order chi connectivity index (χ0) is 21.4. The molecule has 29 heavy (non-hydrogen) atoms. The summed E-state index contributed by atoms with van der Waals surface area (Å²) in [6.07, 6.45) is 1.46. The SMILES string of the molecule is CC(C)(C)OC(=O)NCC1CCN(CC(=O)NCCc2c(F)cccc2F)CC1. The Hall–Kier alpha value is -2.22. The molecule has 2 rings (SSSR count). The number of piperidine rings is 1. The van der Waals surface area contributed by atoms with Crippen molar-refractivity contribution in [1.82, 2.24) is 15.5 Å². The number of benzene rings is 1. The maximum atomic E-state index is 13.6. The van der Waals surface area contributed by atoms with Crippen molar-refractivity contribution >= 4 is 12.0 Å². The van der Waals surface area contributed by atoms with Crippen molar-refractivity contribution in [3.63, 3.8) is 0 Å². The monoisotopic (exact) mass is 411 g/mol. The number of carbonyl (C=O) groups is 2. The zero-order valence-electron chi connectivity index (χ0n) is 17.4. The maximum absolute atomic E-state index is 13.6. The third kappa shape index (κ3) is 8.35. The van der Waals surface area contributed by atoms with E-state index in [0.717, 1.165) is 25.9 Å². The molecule has 0 unspecified atom stereocenters. The third-order valence-corrected chi connectivity index (χ3v) is 4.77. The second-order valence-corrected chi connectivity index (χ2v) is 8.40. The van der Waals surface area contributed by atoms with Crippen LogP contribution < -0.4 is 10.6 Å². The van der Waals surface area contributed by atoms with Crippen LogP contribution in [0.25, 0.3) is 0 Å². The van der Waals surface area contributed by atoms with Crippen LogP contribution in [-0.2, 0) is 16.0 Å². The lowest BCUT2D eigenvalue weighted by molar-refractivity contribution is -0.122. The van der Waals surface area contributed by atoms with Crippen LogP contribution in [0.4, 0.5) is 13.6 Å². The number of rotatable bonds is 7. The van der Waals surface area contributed by atoms with Crippen molar-refractivity contribution in [2.75, 3.05) is 32.7 Å². The summed E-state index contributed by atoms with van der Waals surface area (Å²) in [5, 5.41) is 5.52. The Bertz CT molecular complexity index is 679. The lowest BCUT2D eigenvalue weighted by Crippen LogP contribution is -2.44. The van der Waals surface area contributed by atoms with Gasteiger partial charge in [-0.05, 0) is 71.2 Å². The quantitative estimate of drug-likeness (QED) is 0.724. The molecule has 0 spiro atoms. The molecule has 1 heterocycles. The average molecular weight is 411 g/mol. The zero-order valence-corrected chi connectivity index (χ0v) is 17.4. The second kappa shape index (κ2) is 10.5. The summed E-state index contributed by atoms with van der Waals surface area (Å²) >= 11 is 0. The average Bonchev–Trinajstić information content (AvgIpc) is 2.62. The van der Waals surface area contributed by atoms with Crippen LogP contribution in [0.15, 0.2) is 18.2 Å². The van der Waals surface area contributed by atoms with E-state index in [1.807, 2.05) is 25.7 Å². The van der Waals surface area contributed by atoms with Crippen molar-refractivity contribution in [2.24, 2.45) is 5.92 Å². The van der Waals surface area contributed by atoms with Gasteiger partial charge in [-0.1, -0.05) is 6.07 Å². The highest BCUT2D eigenvalue weighted by atomic mass is 19.1. The molecule has 1 aromatic carbocycles. The van der Waals surface area contributed by atoms with E-state index in [1.165, 1.54) is 18.2 Å². The maximum Gasteiger partial charge on any atom is 0.407 e. The first-order chi connectivity index (χ1) is 13.6. The van der Waals surface area contributed by atoms with E-state index >= 15 is 0 Å². The molecule has 1 aliphatic heterocycles. The molecule has 1 aromatic rings. The van der Waals surface area contributed by atoms with E-state index in [0.29, 0.717) is 12.5 Å². The fourth-order valence-corrected chi connectivity index (χ4v) is 3.25. The normalized spacial score (nSPS) is 15.8. The van der Waals surface area contributed by atoms with Gasteiger partial charge >= 0.3 is 6.09 Å². The topological polar surface area (TPSA) is 70.7 Å². The van der Waals surface area contributed by atoms with Gasteiger partial charge in [-0.2, -0.15) is 0 Å². The molecule has 0 atom stereocenters. The molecule has 1 fully saturated rings. The Morgan fingerprint density at radius 3 is 2.34 bits per heavy atom. The van der Waals surface area contributed by atoms with Gasteiger partial charge in [0.2, 0.25) is 5.91 Å². The molecular weight excluding hydrogens is 380 g/mol. The standard InChI is InChI=1S/C21H31F2N3O3/c1-21(2,3)29-20(28)25-13-15-8-11-26(12-9-15)14-19(27)24-10-7-16-17(22)5-4-6-18(16)23/h4-6,15H,7-14H2,1-3H3,(H,24,27)(H,25,28).